The Balaban J connectivity index is 1.17. The number of carbonyl (C=O) groups is 1. The zero-order valence-corrected chi connectivity index (χ0v) is 16.1. The van der Waals surface area contributed by atoms with Crippen LogP contribution in [0.4, 0.5) is 11.8 Å². The molecule has 148 valence electrons. The third-order valence-corrected chi connectivity index (χ3v) is 5.37. The lowest BCUT2D eigenvalue weighted by Gasteiger charge is -2.32. The first-order valence-electron chi connectivity index (χ1n) is 9.74. The van der Waals surface area contributed by atoms with Crippen LogP contribution in [-0.4, -0.2) is 54.1 Å². The van der Waals surface area contributed by atoms with Gasteiger partial charge in [0.25, 0.3) is 0 Å². The number of methoxy groups -OCH3 is 1. The second kappa shape index (κ2) is 8.41. The van der Waals surface area contributed by atoms with E-state index < -0.39 is 0 Å². The largest absolute Gasteiger partial charge is 0.494 e. The number of hydrogen-bond acceptors (Lipinski definition) is 8. The van der Waals surface area contributed by atoms with Crippen molar-refractivity contribution < 1.29 is 14.3 Å². The van der Waals surface area contributed by atoms with E-state index in [1.807, 2.05) is 6.07 Å². The van der Waals surface area contributed by atoms with Crippen molar-refractivity contribution in [2.75, 3.05) is 43.6 Å². The van der Waals surface area contributed by atoms with Gasteiger partial charge in [0.1, 0.15) is 11.6 Å². The quantitative estimate of drug-likeness (QED) is 0.730. The van der Waals surface area contributed by atoms with Crippen molar-refractivity contribution >= 4 is 17.5 Å². The van der Waals surface area contributed by atoms with Crippen LogP contribution >= 0.6 is 0 Å². The predicted octanol–water partition coefficient (Wildman–Crippen LogP) is 2.56. The molecule has 4 heterocycles. The van der Waals surface area contributed by atoms with Crippen LogP contribution in [0.2, 0.25) is 0 Å². The van der Waals surface area contributed by atoms with Crippen LogP contribution in [0.25, 0.3) is 0 Å². The minimum absolute atomic E-state index is 0.000400. The Morgan fingerprint density at radius 3 is 2.75 bits per heavy atom. The summed E-state index contributed by atoms with van der Waals surface area (Å²) in [5.74, 6) is 3.59. The molecule has 0 atom stereocenters. The first-order valence-corrected chi connectivity index (χ1v) is 9.74. The van der Waals surface area contributed by atoms with Crippen LogP contribution < -0.4 is 19.7 Å². The average Bonchev–Trinajstić information content (AvgIpc) is 3.12. The maximum atomic E-state index is 11.6. The smallest absolute Gasteiger partial charge is 0.225 e. The molecule has 2 aromatic heterocycles. The number of rotatable bonds is 7. The fourth-order valence-electron chi connectivity index (χ4n) is 3.69. The summed E-state index contributed by atoms with van der Waals surface area (Å²) >= 11 is 0. The lowest BCUT2D eigenvalue weighted by atomic mass is 9.92. The monoisotopic (exact) mass is 383 g/mol. The topological polar surface area (TPSA) is 89.5 Å². The highest BCUT2D eigenvalue weighted by Gasteiger charge is 2.22. The second-order valence-electron chi connectivity index (χ2n) is 7.20. The highest BCUT2D eigenvalue weighted by molar-refractivity contribution is 6.02. The Morgan fingerprint density at radius 2 is 2.00 bits per heavy atom. The summed E-state index contributed by atoms with van der Waals surface area (Å²) in [6, 6.07) is 1.81. The SMILES string of the molecule is COc1cnc(N2CCC(CCCNc3cc4c(cn3)C(=O)CO4)CC2)nc1. The summed E-state index contributed by atoms with van der Waals surface area (Å²) in [6.45, 7) is 2.96. The molecule has 0 radical (unpaired) electrons. The van der Waals surface area contributed by atoms with Gasteiger partial charge in [0.05, 0.1) is 25.1 Å². The number of piperidine rings is 1. The molecule has 0 saturated carbocycles. The number of ketones is 1. The molecule has 0 amide bonds. The third kappa shape index (κ3) is 4.16. The summed E-state index contributed by atoms with van der Waals surface area (Å²) in [5.41, 5.74) is 0.582. The summed E-state index contributed by atoms with van der Waals surface area (Å²) in [5, 5.41) is 3.33. The molecule has 28 heavy (non-hydrogen) atoms. The Hall–Kier alpha value is -2.90. The van der Waals surface area contributed by atoms with Gasteiger partial charge in [0.2, 0.25) is 11.7 Å². The first-order chi connectivity index (χ1) is 13.7. The fraction of sp³-hybridized carbons (Fsp3) is 0.500. The summed E-state index contributed by atoms with van der Waals surface area (Å²) < 4.78 is 10.5. The molecule has 8 heteroatoms. The lowest BCUT2D eigenvalue weighted by molar-refractivity contribution is 0.0961. The van der Waals surface area contributed by atoms with E-state index in [1.165, 1.54) is 6.42 Å². The van der Waals surface area contributed by atoms with Crippen molar-refractivity contribution in [3.8, 4) is 11.5 Å². The molecule has 0 spiro atoms. The summed E-state index contributed by atoms with van der Waals surface area (Å²) in [7, 11) is 1.62. The van der Waals surface area contributed by atoms with Gasteiger partial charge < -0.3 is 19.7 Å². The Bertz CT molecular complexity index is 819. The number of aromatic nitrogens is 3. The second-order valence-corrected chi connectivity index (χ2v) is 7.20. The van der Waals surface area contributed by atoms with Crippen molar-refractivity contribution in [3.05, 3.63) is 30.2 Å². The molecule has 2 aliphatic heterocycles. The number of pyridine rings is 1. The highest BCUT2D eigenvalue weighted by Crippen LogP contribution is 2.27. The van der Waals surface area contributed by atoms with E-state index in [1.54, 1.807) is 25.7 Å². The molecule has 0 aliphatic carbocycles. The zero-order valence-electron chi connectivity index (χ0n) is 16.1. The Kier molecular flexibility index (Phi) is 5.55. The van der Waals surface area contributed by atoms with Crippen molar-refractivity contribution in [2.24, 2.45) is 5.92 Å². The molecule has 8 nitrogen and oxygen atoms in total. The lowest BCUT2D eigenvalue weighted by Crippen LogP contribution is -2.34. The van der Waals surface area contributed by atoms with Crippen molar-refractivity contribution in [1.82, 2.24) is 15.0 Å². The van der Waals surface area contributed by atoms with Crippen LogP contribution in [0.3, 0.4) is 0 Å². The van der Waals surface area contributed by atoms with Gasteiger partial charge in [-0.1, -0.05) is 0 Å². The van der Waals surface area contributed by atoms with E-state index >= 15 is 0 Å². The molecule has 0 unspecified atom stereocenters. The number of Topliss-reactive ketones (excluding diaryl/α,β-unsaturated/α-hetero) is 1. The molecule has 2 aromatic rings. The van der Waals surface area contributed by atoms with Crippen molar-refractivity contribution in [2.45, 2.75) is 25.7 Å². The van der Waals surface area contributed by atoms with Gasteiger partial charge >= 0.3 is 0 Å². The van der Waals surface area contributed by atoms with Crippen LogP contribution in [0.15, 0.2) is 24.7 Å². The first kappa shape index (κ1) is 18.5. The average molecular weight is 383 g/mol. The third-order valence-electron chi connectivity index (χ3n) is 5.37. The molecule has 1 fully saturated rings. The molecule has 0 aromatic carbocycles. The van der Waals surface area contributed by atoms with Gasteiger partial charge in [-0.25, -0.2) is 15.0 Å². The number of anilines is 2. The van der Waals surface area contributed by atoms with Gasteiger partial charge in [-0.3, -0.25) is 4.79 Å². The van der Waals surface area contributed by atoms with Crippen LogP contribution in [0.5, 0.6) is 11.5 Å². The fourth-order valence-corrected chi connectivity index (χ4v) is 3.69. The van der Waals surface area contributed by atoms with E-state index in [9.17, 15) is 4.79 Å². The van der Waals surface area contributed by atoms with Gasteiger partial charge in [0.15, 0.2) is 12.4 Å². The molecule has 4 rings (SSSR count). The number of fused-ring (bicyclic) bond motifs is 1. The minimum Gasteiger partial charge on any atom is -0.494 e. The van der Waals surface area contributed by atoms with Crippen LogP contribution in [-0.2, 0) is 0 Å². The standard InChI is InChI=1S/C20H25N5O3/c1-27-15-10-23-20(24-11-15)25-7-4-14(5-8-25)3-2-6-21-19-9-18-16(12-22-19)17(26)13-28-18/h9-12,14H,2-8,13H2,1H3,(H,21,22). The van der Waals surface area contributed by atoms with Crippen molar-refractivity contribution in [3.63, 3.8) is 0 Å². The van der Waals surface area contributed by atoms with E-state index in [0.29, 0.717) is 17.1 Å². The minimum atomic E-state index is 0.000400. The number of hydrogen-bond donors (Lipinski definition) is 1. The maximum Gasteiger partial charge on any atom is 0.225 e. The van der Waals surface area contributed by atoms with E-state index in [2.05, 4.69) is 25.2 Å². The predicted molar refractivity (Wildman–Crippen MR) is 105 cm³/mol. The number of ether oxygens (including phenoxy) is 2. The highest BCUT2D eigenvalue weighted by atomic mass is 16.5. The molecule has 1 N–H and O–H groups in total. The summed E-state index contributed by atoms with van der Waals surface area (Å²) in [4.78, 5) is 26.8. The molecule has 0 bridgehead atoms. The maximum absolute atomic E-state index is 11.6. The Morgan fingerprint density at radius 1 is 1.21 bits per heavy atom. The van der Waals surface area contributed by atoms with E-state index in [0.717, 1.165) is 56.6 Å². The molecular formula is C20H25N5O3. The van der Waals surface area contributed by atoms with E-state index in [-0.39, 0.29) is 12.4 Å². The van der Waals surface area contributed by atoms with Crippen LogP contribution in [0, 0.1) is 5.92 Å². The van der Waals surface area contributed by atoms with Crippen molar-refractivity contribution in [1.29, 1.82) is 0 Å². The normalized spacial score (nSPS) is 16.6. The number of nitrogens with one attached hydrogen (secondary N) is 1. The van der Waals surface area contributed by atoms with E-state index in [4.69, 9.17) is 9.47 Å². The number of carbonyl (C=O) groups excluding carboxylic acids is 1. The van der Waals surface area contributed by atoms with Crippen LogP contribution in [0.1, 0.15) is 36.0 Å². The molecular weight excluding hydrogens is 358 g/mol. The number of nitrogens with zero attached hydrogens (tertiary/aromatic N) is 4. The zero-order chi connectivity index (χ0) is 19.3. The van der Waals surface area contributed by atoms with Gasteiger partial charge in [-0.05, 0) is 31.6 Å². The summed E-state index contributed by atoms with van der Waals surface area (Å²) in [6.07, 6.45) is 9.61. The van der Waals surface area contributed by atoms with Gasteiger partial charge in [-0.15, -0.1) is 0 Å². The van der Waals surface area contributed by atoms with Gasteiger partial charge in [-0.2, -0.15) is 0 Å². The molecule has 2 aliphatic rings. The molecule has 1 saturated heterocycles. The van der Waals surface area contributed by atoms with Gasteiger partial charge in [0, 0.05) is 31.9 Å². The Labute approximate surface area is 164 Å².